The maximum atomic E-state index is 12.4. The zero-order chi connectivity index (χ0) is 21.9. The molecular weight excluding hydrogens is 381 g/mol. The predicted molar refractivity (Wildman–Crippen MR) is 116 cm³/mol. The quantitative estimate of drug-likeness (QED) is 0.655. The molecule has 4 rings (SSSR count). The molecular formula is C23H34BNO5. The summed E-state index contributed by atoms with van der Waals surface area (Å²) >= 11 is 0. The van der Waals surface area contributed by atoms with E-state index in [1.807, 2.05) is 32.9 Å². The van der Waals surface area contributed by atoms with Gasteiger partial charge < -0.3 is 23.7 Å². The Morgan fingerprint density at radius 1 is 1.07 bits per heavy atom. The van der Waals surface area contributed by atoms with Crippen LogP contribution in [0.3, 0.4) is 0 Å². The number of rotatable bonds is 1. The standard InChI is InChI=1S/C23H34BNO5/c1-20(2,3)28-19(26)25-12-10-23(11-13-25)15-16-14-17(8-9-18(16)27-23)24-29-21(4,5)22(6,7)30-24/h8-9,14H,10-13,15H2,1-7H3. The van der Waals surface area contributed by atoms with Gasteiger partial charge in [-0.2, -0.15) is 0 Å². The van der Waals surface area contributed by atoms with Crippen molar-refractivity contribution in [2.75, 3.05) is 13.1 Å². The van der Waals surface area contributed by atoms with Crippen LogP contribution in [0.25, 0.3) is 0 Å². The molecule has 2 fully saturated rings. The topological polar surface area (TPSA) is 57.2 Å². The van der Waals surface area contributed by atoms with Crippen LogP contribution in [0.2, 0.25) is 0 Å². The average Bonchev–Trinajstić information content (AvgIpc) is 3.06. The van der Waals surface area contributed by atoms with Gasteiger partial charge in [-0.3, -0.25) is 0 Å². The molecule has 3 aliphatic rings. The monoisotopic (exact) mass is 415 g/mol. The van der Waals surface area contributed by atoms with Crippen molar-refractivity contribution in [3.8, 4) is 5.75 Å². The van der Waals surface area contributed by atoms with E-state index in [0.717, 1.165) is 30.5 Å². The summed E-state index contributed by atoms with van der Waals surface area (Å²) in [7, 11) is -0.370. The van der Waals surface area contributed by atoms with Gasteiger partial charge in [-0.05, 0) is 65.6 Å². The summed E-state index contributed by atoms with van der Waals surface area (Å²) in [5.74, 6) is 0.931. The van der Waals surface area contributed by atoms with Crippen LogP contribution in [0.4, 0.5) is 4.79 Å². The van der Waals surface area contributed by atoms with Crippen molar-refractivity contribution in [2.45, 2.75) is 90.1 Å². The van der Waals surface area contributed by atoms with Gasteiger partial charge in [0.1, 0.15) is 17.0 Å². The smallest absolute Gasteiger partial charge is 0.487 e. The molecule has 3 heterocycles. The molecule has 0 atom stereocenters. The van der Waals surface area contributed by atoms with Crippen molar-refractivity contribution in [1.82, 2.24) is 4.90 Å². The van der Waals surface area contributed by atoms with Crippen molar-refractivity contribution in [1.29, 1.82) is 0 Å². The minimum absolute atomic E-state index is 0.240. The van der Waals surface area contributed by atoms with Crippen molar-refractivity contribution in [2.24, 2.45) is 0 Å². The van der Waals surface area contributed by atoms with Crippen LogP contribution in [-0.2, 0) is 20.5 Å². The highest BCUT2D eigenvalue weighted by Gasteiger charge is 2.52. The maximum Gasteiger partial charge on any atom is 0.494 e. The van der Waals surface area contributed by atoms with Crippen LogP contribution in [0.15, 0.2) is 18.2 Å². The summed E-state index contributed by atoms with van der Waals surface area (Å²) in [5, 5.41) is 0. The fraction of sp³-hybridized carbons (Fsp3) is 0.696. The van der Waals surface area contributed by atoms with Gasteiger partial charge in [-0.1, -0.05) is 12.1 Å². The van der Waals surface area contributed by atoms with E-state index in [-0.39, 0.29) is 30.0 Å². The Morgan fingerprint density at radius 2 is 1.67 bits per heavy atom. The number of ether oxygens (including phenoxy) is 2. The highest BCUT2D eigenvalue weighted by molar-refractivity contribution is 6.62. The summed E-state index contributed by atoms with van der Waals surface area (Å²) in [6.07, 6.45) is 2.20. The first-order valence-corrected chi connectivity index (χ1v) is 10.9. The lowest BCUT2D eigenvalue weighted by Gasteiger charge is -2.39. The number of carbonyl (C=O) groups is 1. The van der Waals surface area contributed by atoms with Crippen molar-refractivity contribution in [3.05, 3.63) is 23.8 Å². The van der Waals surface area contributed by atoms with E-state index >= 15 is 0 Å². The van der Waals surface area contributed by atoms with Crippen molar-refractivity contribution < 1.29 is 23.6 Å². The number of fused-ring (bicyclic) bond motifs is 1. The van der Waals surface area contributed by atoms with E-state index in [0.29, 0.717) is 13.1 Å². The van der Waals surface area contributed by atoms with Crippen molar-refractivity contribution >= 4 is 18.7 Å². The van der Waals surface area contributed by atoms with Crippen LogP contribution in [0.1, 0.15) is 66.9 Å². The van der Waals surface area contributed by atoms with Gasteiger partial charge in [0.05, 0.1) is 11.2 Å². The molecule has 0 radical (unpaired) electrons. The van der Waals surface area contributed by atoms with Crippen LogP contribution < -0.4 is 10.2 Å². The van der Waals surface area contributed by atoms with Gasteiger partial charge in [0.25, 0.3) is 0 Å². The minimum Gasteiger partial charge on any atom is -0.487 e. The third kappa shape index (κ3) is 3.94. The zero-order valence-corrected chi connectivity index (χ0v) is 19.3. The van der Waals surface area contributed by atoms with Gasteiger partial charge in [0, 0.05) is 32.4 Å². The van der Waals surface area contributed by atoms with Gasteiger partial charge in [-0.15, -0.1) is 0 Å². The molecule has 0 unspecified atom stereocenters. The van der Waals surface area contributed by atoms with Crippen molar-refractivity contribution in [3.63, 3.8) is 0 Å². The second-order valence-electron chi connectivity index (χ2n) is 10.9. The fourth-order valence-electron chi connectivity index (χ4n) is 4.28. The van der Waals surface area contributed by atoms with Gasteiger partial charge in [0.15, 0.2) is 0 Å². The van der Waals surface area contributed by atoms with E-state index in [1.165, 1.54) is 5.56 Å². The number of likely N-dealkylation sites (tertiary alicyclic amines) is 1. The average molecular weight is 415 g/mol. The SMILES string of the molecule is CC(C)(C)OC(=O)N1CCC2(CC1)Cc1cc(B3OC(C)(C)C(C)(C)O3)ccc1O2. The Kier molecular flexibility index (Phi) is 4.94. The van der Waals surface area contributed by atoms with Crippen LogP contribution in [0, 0.1) is 0 Å². The number of amides is 1. The van der Waals surface area contributed by atoms with E-state index in [9.17, 15) is 4.79 Å². The van der Waals surface area contributed by atoms with Gasteiger partial charge >= 0.3 is 13.2 Å². The lowest BCUT2D eigenvalue weighted by molar-refractivity contribution is -0.00887. The molecule has 0 aromatic heterocycles. The first kappa shape index (κ1) is 21.5. The molecule has 7 heteroatoms. The Balaban J connectivity index is 1.42. The van der Waals surface area contributed by atoms with E-state index in [2.05, 4.69) is 33.8 Å². The van der Waals surface area contributed by atoms with Crippen LogP contribution in [-0.4, -0.2) is 53.6 Å². The molecule has 3 aliphatic heterocycles. The third-order valence-electron chi connectivity index (χ3n) is 6.78. The summed E-state index contributed by atoms with van der Waals surface area (Å²) in [6, 6.07) is 6.23. The van der Waals surface area contributed by atoms with E-state index in [1.54, 1.807) is 4.90 Å². The Labute approximate surface area is 180 Å². The van der Waals surface area contributed by atoms with Crippen LogP contribution in [0.5, 0.6) is 5.75 Å². The first-order chi connectivity index (χ1) is 13.8. The maximum absolute atomic E-state index is 12.4. The molecule has 1 spiro atoms. The first-order valence-electron chi connectivity index (χ1n) is 10.9. The molecule has 0 N–H and O–H groups in total. The van der Waals surface area contributed by atoms with Gasteiger partial charge in [-0.25, -0.2) is 4.79 Å². The zero-order valence-electron chi connectivity index (χ0n) is 19.3. The number of benzene rings is 1. The second kappa shape index (κ2) is 6.89. The third-order valence-corrected chi connectivity index (χ3v) is 6.78. The summed E-state index contributed by atoms with van der Waals surface area (Å²) in [4.78, 5) is 14.2. The molecule has 6 nitrogen and oxygen atoms in total. The number of hydrogen-bond donors (Lipinski definition) is 0. The normalized spacial score (nSPS) is 24.0. The molecule has 30 heavy (non-hydrogen) atoms. The second-order valence-corrected chi connectivity index (χ2v) is 10.9. The highest BCUT2D eigenvalue weighted by Crippen LogP contribution is 2.42. The Bertz CT molecular complexity index is 820. The molecule has 1 amide bonds. The minimum atomic E-state index is -0.476. The molecule has 0 aliphatic carbocycles. The molecule has 1 aromatic rings. The Hall–Kier alpha value is -1.73. The fourth-order valence-corrected chi connectivity index (χ4v) is 4.28. The number of carbonyl (C=O) groups excluding carboxylic acids is 1. The Morgan fingerprint density at radius 3 is 2.23 bits per heavy atom. The predicted octanol–water partition coefficient (Wildman–Crippen LogP) is 3.69. The molecule has 0 bridgehead atoms. The number of piperidine rings is 1. The molecule has 2 saturated heterocycles. The summed E-state index contributed by atoms with van der Waals surface area (Å²) in [6.45, 7) is 15.2. The lowest BCUT2D eigenvalue weighted by atomic mass is 9.77. The van der Waals surface area contributed by atoms with Crippen LogP contribution >= 0.6 is 0 Å². The lowest BCUT2D eigenvalue weighted by Crippen LogP contribution is -2.50. The van der Waals surface area contributed by atoms with E-state index in [4.69, 9.17) is 18.8 Å². The summed E-state index contributed by atoms with van der Waals surface area (Å²) < 4.78 is 24.3. The number of nitrogens with zero attached hydrogens (tertiary/aromatic N) is 1. The van der Waals surface area contributed by atoms with Gasteiger partial charge in [0.2, 0.25) is 0 Å². The molecule has 0 saturated carbocycles. The highest BCUT2D eigenvalue weighted by atomic mass is 16.7. The largest absolute Gasteiger partial charge is 0.494 e. The summed E-state index contributed by atoms with van der Waals surface area (Å²) in [5.41, 5.74) is 0.782. The number of hydrogen-bond acceptors (Lipinski definition) is 5. The molecule has 164 valence electrons. The molecule has 1 aromatic carbocycles. The van der Waals surface area contributed by atoms with E-state index < -0.39 is 5.60 Å².